The zero-order valence-electron chi connectivity index (χ0n) is 14.7. The summed E-state index contributed by atoms with van der Waals surface area (Å²) in [5.74, 6) is 0.0142. The molecule has 0 aliphatic heterocycles. The summed E-state index contributed by atoms with van der Waals surface area (Å²) < 4.78 is 42.1. The molecule has 28 heavy (non-hydrogen) atoms. The molecule has 2 aliphatic rings. The monoisotopic (exact) mass is 410 g/mol. The Balaban J connectivity index is 1.55. The number of alkyl halides is 3. The molecule has 5 rings (SSSR count). The molecule has 1 saturated carbocycles. The molecule has 0 aromatic carbocycles. The summed E-state index contributed by atoms with van der Waals surface area (Å²) in [4.78, 5) is 18.8. The maximum absolute atomic E-state index is 13.1. The van der Waals surface area contributed by atoms with E-state index in [4.69, 9.17) is 0 Å². The fourth-order valence-electron chi connectivity index (χ4n) is 3.93. The van der Waals surface area contributed by atoms with Gasteiger partial charge in [0.05, 0.1) is 18.8 Å². The molecular formula is C18H17F3N4O2S. The van der Waals surface area contributed by atoms with E-state index < -0.39 is 11.9 Å². The van der Waals surface area contributed by atoms with Gasteiger partial charge >= 0.3 is 6.18 Å². The van der Waals surface area contributed by atoms with Gasteiger partial charge < -0.3 is 5.11 Å². The van der Waals surface area contributed by atoms with Crippen LogP contribution in [0.4, 0.5) is 13.2 Å². The van der Waals surface area contributed by atoms with Crippen LogP contribution in [0.1, 0.15) is 58.8 Å². The van der Waals surface area contributed by atoms with Crippen LogP contribution < -0.4 is 5.56 Å². The molecule has 1 N–H and O–H groups in total. The number of hydrogen-bond acceptors (Lipinski definition) is 5. The van der Waals surface area contributed by atoms with E-state index in [9.17, 15) is 23.1 Å². The van der Waals surface area contributed by atoms with E-state index in [2.05, 4.69) is 10.1 Å². The van der Waals surface area contributed by atoms with Crippen molar-refractivity contribution in [2.24, 2.45) is 0 Å². The van der Waals surface area contributed by atoms with Crippen molar-refractivity contribution in [3.05, 3.63) is 50.1 Å². The van der Waals surface area contributed by atoms with Gasteiger partial charge in [-0.05, 0) is 31.7 Å². The Kier molecular flexibility index (Phi) is 3.92. The Bertz CT molecular complexity index is 1130. The first-order chi connectivity index (χ1) is 13.3. The number of aromatic nitrogens is 4. The summed E-state index contributed by atoms with van der Waals surface area (Å²) in [5.41, 5.74) is 0.582. The molecular weight excluding hydrogens is 393 g/mol. The Morgan fingerprint density at radius 1 is 1.25 bits per heavy atom. The third kappa shape index (κ3) is 2.86. The molecule has 3 aromatic heterocycles. The molecule has 2 aliphatic carbocycles. The van der Waals surface area contributed by atoms with Crippen molar-refractivity contribution >= 4 is 16.3 Å². The predicted molar refractivity (Wildman–Crippen MR) is 95.8 cm³/mol. The second kappa shape index (κ2) is 6.15. The zero-order chi connectivity index (χ0) is 19.6. The fourth-order valence-corrected chi connectivity index (χ4v) is 5.18. The van der Waals surface area contributed by atoms with E-state index in [1.807, 2.05) is 0 Å². The maximum Gasteiger partial charge on any atom is 0.435 e. The lowest BCUT2D eigenvalue weighted by Gasteiger charge is -2.09. The Hall–Kier alpha value is -2.20. The lowest BCUT2D eigenvalue weighted by molar-refractivity contribution is -0.141. The Morgan fingerprint density at radius 2 is 2.04 bits per heavy atom. The van der Waals surface area contributed by atoms with Crippen LogP contribution in [0.5, 0.6) is 0 Å². The van der Waals surface area contributed by atoms with Crippen molar-refractivity contribution in [3.63, 3.8) is 0 Å². The van der Waals surface area contributed by atoms with Crippen LogP contribution in [-0.2, 0) is 19.1 Å². The van der Waals surface area contributed by atoms with Crippen LogP contribution in [0.2, 0.25) is 0 Å². The van der Waals surface area contributed by atoms with Crippen LogP contribution in [0.25, 0.3) is 4.96 Å². The minimum atomic E-state index is -4.50. The predicted octanol–water partition coefficient (Wildman–Crippen LogP) is 2.92. The van der Waals surface area contributed by atoms with Gasteiger partial charge in [-0.25, -0.2) is 4.98 Å². The van der Waals surface area contributed by atoms with E-state index in [-0.39, 0.29) is 30.5 Å². The lowest BCUT2D eigenvalue weighted by atomic mass is 10.1. The smallest absolute Gasteiger partial charge is 0.396 e. The Morgan fingerprint density at radius 3 is 2.71 bits per heavy atom. The van der Waals surface area contributed by atoms with Crippen molar-refractivity contribution in [3.8, 4) is 0 Å². The molecule has 0 spiro atoms. The van der Waals surface area contributed by atoms with Crippen LogP contribution >= 0.6 is 11.3 Å². The molecule has 1 fully saturated rings. The van der Waals surface area contributed by atoms with Crippen LogP contribution in [0, 0.1) is 0 Å². The SMILES string of the molecule is O=c1cc(Cn2nc(C(F)(F)F)cc2C2CC2)nc2sc3c(n12)C(CO)CC3. The van der Waals surface area contributed by atoms with Crippen molar-refractivity contribution in [2.45, 2.75) is 50.2 Å². The lowest BCUT2D eigenvalue weighted by Crippen LogP contribution is -2.19. The van der Waals surface area contributed by atoms with Crippen LogP contribution in [-0.4, -0.2) is 30.9 Å². The summed E-state index contributed by atoms with van der Waals surface area (Å²) in [6.07, 6.45) is -1.21. The number of nitrogens with zero attached hydrogens (tertiary/aromatic N) is 4. The number of halogens is 3. The van der Waals surface area contributed by atoms with Gasteiger partial charge in [0.1, 0.15) is 0 Å². The molecule has 0 bridgehead atoms. The van der Waals surface area contributed by atoms with Gasteiger partial charge in [-0.15, -0.1) is 11.3 Å². The molecule has 3 heterocycles. The summed E-state index contributed by atoms with van der Waals surface area (Å²) >= 11 is 1.41. The van der Waals surface area contributed by atoms with Crippen molar-refractivity contribution in [1.29, 1.82) is 0 Å². The highest BCUT2D eigenvalue weighted by Crippen LogP contribution is 2.42. The van der Waals surface area contributed by atoms with Gasteiger partial charge in [-0.3, -0.25) is 13.9 Å². The second-order valence-corrected chi connectivity index (χ2v) is 8.48. The van der Waals surface area contributed by atoms with E-state index in [0.29, 0.717) is 16.3 Å². The van der Waals surface area contributed by atoms with Crippen molar-refractivity contribution in [2.75, 3.05) is 6.61 Å². The number of aryl methyl sites for hydroxylation is 1. The molecule has 148 valence electrons. The van der Waals surface area contributed by atoms with Crippen molar-refractivity contribution in [1.82, 2.24) is 19.2 Å². The van der Waals surface area contributed by atoms with E-state index >= 15 is 0 Å². The number of hydrogen-bond donors (Lipinski definition) is 1. The number of aliphatic hydroxyl groups is 1. The number of aliphatic hydroxyl groups excluding tert-OH is 1. The van der Waals surface area contributed by atoms with Gasteiger partial charge in [-0.1, -0.05) is 0 Å². The number of thiazole rings is 1. The number of fused-ring (bicyclic) bond motifs is 3. The average molecular weight is 410 g/mol. The highest BCUT2D eigenvalue weighted by molar-refractivity contribution is 7.17. The van der Waals surface area contributed by atoms with Crippen LogP contribution in [0.15, 0.2) is 16.9 Å². The first kappa shape index (κ1) is 17.9. The topological polar surface area (TPSA) is 72.4 Å². The third-order valence-corrected chi connectivity index (χ3v) is 6.53. The van der Waals surface area contributed by atoms with Gasteiger partial charge in [0.15, 0.2) is 10.7 Å². The zero-order valence-corrected chi connectivity index (χ0v) is 15.6. The molecule has 6 nitrogen and oxygen atoms in total. The van der Waals surface area contributed by atoms with E-state index in [0.717, 1.165) is 42.3 Å². The normalized spacial score (nSPS) is 19.5. The molecule has 0 amide bonds. The van der Waals surface area contributed by atoms with Gasteiger partial charge in [0, 0.05) is 34.2 Å². The highest BCUT2D eigenvalue weighted by Gasteiger charge is 2.38. The molecule has 0 radical (unpaired) electrons. The van der Waals surface area contributed by atoms with Crippen LogP contribution in [0.3, 0.4) is 0 Å². The van der Waals surface area contributed by atoms with Gasteiger partial charge in [0.2, 0.25) is 0 Å². The highest BCUT2D eigenvalue weighted by atomic mass is 32.1. The molecule has 10 heteroatoms. The quantitative estimate of drug-likeness (QED) is 0.718. The summed E-state index contributed by atoms with van der Waals surface area (Å²) in [7, 11) is 0. The summed E-state index contributed by atoms with van der Waals surface area (Å²) in [5, 5.41) is 13.3. The van der Waals surface area contributed by atoms with Gasteiger partial charge in [-0.2, -0.15) is 18.3 Å². The van der Waals surface area contributed by atoms with E-state index in [1.54, 1.807) is 0 Å². The second-order valence-electron chi connectivity index (χ2n) is 7.42. The van der Waals surface area contributed by atoms with E-state index in [1.165, 1.54) is 26.5 Å². The molecule has 1 atom stereocenters. The fraction of sp³-hybridized carbons (Fsp3) is 0.500. The molecule has 1 unspecified atom stereocenters. The first-order valence-electron chi connectivity index (χ1n) is 9.15. The average Bonchev–Trinajstić information content (AvgIpc) is 3.08. The molecule has 3 aromatic rings. The standard InChI is InChI=1S/C18H17F3N4O2S/c19-18(20,21)14-6-12(9-1-2-9)24(23-14)7-11-5-15(27)25-16-10(8-26)3-4-13(16)28-17(25)22-11/h5-6,9-10,26H,1-4,7-8H2. The van der Waals surface area contributed by atoms with Gasteiger partial charge in [0.25, 0.3) is 5.56 Å². The molecule has 0 saturated heterocycles. The Labute approximate surface area is 161 Å². The van der Waals surface area contributed by atoms with Crippen molar-refractivity contribution < 1.29 is 18.3 Å². The number of rotatable bonds is 4. The third-order valence-electron chi connectivity index (χ3n) is 5.42. The minimum Gasteiger partial charge on any atom is -0.396 e. The minimum absolute atomic E-state index is 0.0225. The largest absolute Gasteiger partial charge is 0.435 e. The summed E-state index contributed by atoms with van der Waals surface area (Å²) in [6, 6.07) is 2.47. The summed E-state index contributed by atoms with van der Waals surface area (Å²) in [6.45, 7) is 0.00489. The first-order valence-corrected chi connectivity index (χ1v) is 9.97. The maximum atomic E-state index is 13.1.